The molecule has 1 amide bonds. The summed E-state index contributed by atoms with van der Waals surface area (Å²) in [5.74, 6) is -1.52. The molecule has 1 heterocycles. The Morgan fingerprint density at radius 3 is 2.58 bits per heavy atom. The number of nitrogens with zero attached hydrogens (tertiary/aromatic N) is 1. The Morgan fingerprint density at radius 2 is 1.96 bits per heavy atom. The third-order valence-electron chi connectivity index (χ3n) is 3.29. The summed E-state index contributed by atoms with van der Waals surface area (Å²) in [6.07, 6.45) is -3.30. The van der Waals surface area contributed by atoms with E-state index in [0.717, 1.165) is 18.3 Å². The largest absolute Gasteiger partial charge is 0.504 e. The molecule has 8 heteroatoms. The first-order valence-corrected chi connectivity index (χ1v) is 7.02. The van der Waals surface area contributed by atoms with Crippen molar-refractivity contribution in [3.8, 4) is 11.5 Å². The lowest BCUT2D eigenvalue weighted by atomic mass is 10.1. The van der Waals surface area contributed by atoms with Crippen LogP contribution in [-0.4, -0.2) is 27.1 Å². The van der Waals surface area contributed by atoms with E-state index in [1.165, 1.54) is 12.1 Å². The van der Waals surface area contributed by atoms with Gasteiger partial charge in [0.25, 0.3) is 5.91 Å². The van der Waals surface area contributed by atoms with Crippen LogP contribution in [0.2, 0.25) is 0 Å². The highest BCUT2D eigenvalue weighted by Crippen LogP contribution is 2.31. The number of benzene rings is 1. The van der Waals surface area contributed by atoms with E-state index in [9.17, 15) is 28.2 Å². The van der Waals surface area contributed by atoms with Crippen LogP contribution in [0.5, 0.6) is 11.5 Å². The number of aromatic nitrogens is 1. The molecule has 0 fully saturated rings. The fourth-order valence-corrected chi connectivity index (χ4v) is 2.21. The van der Waals surface area contributed by atoms with Crippen LogP contribution in [-0.2, 0) is 12.6 Å². The van der Waals surface area contributed by atoms with Gasteiger partial charge in [-0.2, -0.15) is 13.2 Å². The highest BCUT2D eigenvalue weighted by atomic mass is 19.4. The second kappa shape index (κ2) is 6.77. The number of rotatable bonds is 4. The number of phenols is 2. The van der Waals surface area contributed by atoms with E-state index in [2.05, 4.69) is 10.3 Å². The maximum absolute atomic E-state index is 12.9. The van der Waals surface area contributed by atoms with Gasteiger partial charge in [-0.15, -0.1) is 0 Å². The molecule has 0 aliphatic rings. The van der Waals surface area contributed by atoms with Crippen LogP contribution in [0.15, 0.2) is 36.5 Å². The molecule has 0 bridgehead atoms. The number of pyridine rings is 1. The zero-order valence-corrected chi connectivity index (χ0v) is 12.6. The summed E-state index contributed by atoms with van der Waals surface area (Å²) < 4.78 is 38.7. The molecule has 0 unspecified atom stereocenters. The lowest BCUT2D eigenvalue weighted by Crippen LogP contribution is -2.35. The summed E-state index contributed by atoms with van der Waals surface area (Å²) >= 11 is 0. The van der Waals surface area contributed by atoms with Gasteiger partial charge in [-0.1, -0.05) is 6.07 Å². The van der Waals surface area contributed by atoms with Crippen LogP contribution < -0.4 is 5.32 Å². The van der Waals surface area contributed by atoms with Crippen molar-refractivity contribution >= 4 is 5.91 Å². The third-order valence-corrected chi connectivity index (χ3v) is 3.29. The molecule has 1 atom stereocenters. The molecule has 1 aromatic carbocycles. The number of phenolic OH excluding ortho intramolecular Hbond substituents is 2. The molecule has 3 N–H and O–H groups in total. The standard InChI is InChI=1S/C16H15F3N2O3/c1-9(7-10-4-5-12(22)13(23)8-10)21-15(24)14-11(16(17,18)19)3-2-6-20-14/h2-6,8-9,22-23H,7H2,1H3,(H,21,24)/t9-/m1/s1. The molecular weight excluding hydrogens is 325 g/mol. The molecule has 24 heavy (non-hydrogen) atoms. The smallest absolute Gasteiger partial charge is 0.418 e. The second-order valence-corrected chi connectivity index (χ2v) is 5.30. The molecule has 128 valence electrons. The van der Waals surface area contributed by atoms with Crippen molar-refractivity contribution in [3.63, 3.8) is 0 Å². The fourth-order valence-electron chi connectivity index (χ4n) is 2.21. The van der Waals surface area contributed by atoms with Gasteiger partial charge in [-0.3, -0.25) is 9.78 Å². The van der Waals surface area contributed by atoms with E-state index in [0.29, 0.717) is 5.56 Å². The average Bonchev–Trinajstić information content (AvgIpc) is 2.50. The maximum Gasteiger partial charge on any atom is 0.418 e. The summed E-state index contributed by atoms with van der Waals surface area (Å²) in [5, 5.41) is 21.1. The van der Waals surface area contributed by atoms with Gasteiger partial charge < -0.3 is 15.5 Å². The van der Waals surface area contributed by atoms with Gasteiger partial charge in [0, 0.05) is 12.2 Å². The number of amides is 1. The highest BCUT2D eigenvalue weighted by Gasteiger charge is 2.36. The van der Waals surface area contributed by atoms with E-state index in [-0.39, 0.29) is 17.9 Å². The number of halogens is 3. The first-order chi connectivity index (χ1) is 11.2. The Morgan fingerprint density at radius 1 is 1.25 bits per heavy atom. The van der Waals surface area contributed by atoms with E-state index in [1.807, 2.05) is 0 Å². The highest BCUT2D eigenvalue weighted by molar-refractivity contribution is 5.94. The van der Waals surface area contributed by atoms with Crippen LogP contribution in [0.4, 0.5) is 13.2 Å². The van der Waals surface area contributed by atoms with Gasteiger partial charge in [0.1, 0.15) is 5.69 Å². The van der Waals surface area contributed by atoms with Crippen molar-refractivity contribution in [2.24, 2.45) is 0 Å². The van der Waals surface area contributed by atoms with Gasteiger partial charge in [0.05, 0.1) is 5.56 Å². The monoisotopic (exact) mass is 340 g/mol. The minimum Gasteiger partial charge on any atom is -0.504 e. The zero-order chi connectivity index (χ0) is 17.9. The fraction of sp³-hybridized carbons (Fsp3) is 0.250. The molecule has 0 saturated carbocycles. The molecule has 0 saturated heterocycles. The summed E-state index contributed by atoms with van der Waals surface area (Å²) in [5.41, 5.74) is -1.18. The number of hydrogen-bond donors (Lipinski definition) is 3. The van der Waals surface area contributed by atoms with Crippen LogP contribution >= 0.6 is 0 Å². The van der Waals surface area contributed by atoms with Gasteiger partial charge in [-0.25, -0.2) is 0 Å². The number of aromatic hydroxyl groups is 2. The SMILES string of the molecule is C[C@H](Cc1ccc(O)c(O)c1)NC(=O)c1ncccc1C(F)(F)F. The number of carbonyl (C=O) groups is 1. The molecule has 0 radical (unpaired) electrons. The first kappa shape index (κ1) is 17.6. The molecule has 1 aromatic heterocycles. The predicted octanol–water partition coefficient (Wildman–Crippen LogP) is 2.87. The van der Waals surface area contributed by atoms with Crippen molar-refractivity contribution in [1.29, 1.82) is 0 Å². The van der Waals surface area contributed by atoms with E-state index in [4.69, 9.17) is 0 Å². The molecular formula is C16H15F3N2O3. The van der Waals surface area contributed by atoms with E-state index < -0.39 is 29.4 Å². The molecule has 2 aromatic rings. The van der Waals surface area contributed by atoms with Gasteiger partial charge in [-0.05, 0) is 43.2 Å². The normalized spacial score (nSPS) is 12.7. The van der Waals surface area contributed by atoms with Crippen LogP contribution in [0, 0.1) is 0 Å². The lowest BCUT2D eigenvalue weighted by molar-refractivity contribution is -0.138. The molecule has 5 nitrogen and oxygen atoms in total. The van der Waals surface area contributed by atoms with Crippen molar-refractivity contribution in [1.82, 2.24) is 10.3 Å². The Bertz CT molecular complexity index is 748. The molecule has 0 spiro atoms. The Labute approximate surface area is 135 Å². The van der Waals surface area contributed by atoms with E-state index >= 15 is 0 Å². The lowest BCUT2D eigenvalue weighted by Gasteiger charge is -2.16. The van der Waals surface area contributed by atoms with Crippen molar-refractivity contribution in [2.45, 2.75) is 25.6 Å². The van der Waals surface area contributed by atoms with Crippen LogP contribution in [0.25, 0.3) is 0 Å². The zero-order valence-electron chi connectivity index (χ0n) is 12.6. The Hall–Kier alpha value is -2.77. The minimum atomic E-state index is -4.67. The Balaban J connectivity index is 2.11. The van der Waals surface area contributed by atoms with Crippen molar-refractivity contribution in [3.05, 3.63) is 53.3 Å². The molecule has 0 aliphatic heterocycles. The third kappa shape index (κ3) is 4.15. The second-order valence-electron chi connectivity index (χ2n) is 5.30. The van der Waals surface area contributed by atoms with Crippen molar-refractivity contribution in [2.75, 3.05) is 0 Å². The number of nitrogens with one attached hydrogen (secondary N) is 1. The summed E-state index contributed by atoms with van der Waals surface area (Å²) in [4.78, 5) is 15.6. The average molecular weight is 340 g/mol. The first-order valence-electron chi connectivity index (χ1n) is 7.02. The summed E-state index contributed by atoms with van der Waals surface area (Å²) in [6.45, 7) is 1.61. The van der Waals surface area contributed by atoms with Crippen molar-refractivity contribution < 1.29 is 28.2 Å². The number of carbonyl (C=O) groups excluding carboxylic acids is 1. The molecule has 2 rings (SSSR count). The topological polar surface area (TPSA) is 82.5 Å². The summed E-state index contributed by atoms with van der Waals surface area (Å²) in [6, 6.07) is 5.55. The quantitative estimate of drug-likeness (QED) is 0.748. The van der Waals surface area contributed by atoms with Gasteiger partial charge >= 0.3 is 6.18 Å². The molecule has 0 aliphatic carbocycles. The van der Waals surface area contributed by atoms with Gasteiger partial charge in [0.15, 0.2) is 11.5 Å². The van der Waals surface area contributed by atoms with Crippen LogP contribution in [0.1, 0.15) is 28.5 Å². The Kier molecular flexibility index (Phi) is 4.96. The summed E-state index contributed by atoms with van der Waals surface area (Å²) in [7, 11) is 0. The predicted molar refractivity (Wildman–Crippen MR) is 79.6 cm³/mol. The number of alkyl halides is 3. The van der Waals surface area contributed by atoms with Gasteiger partial charge in [0.2, 0.25) is 0 Å². The minimum absolute atomic E-state index is 0.258. The van der Waals surface area contributed by atoms with Crippen LogP contribution in [0.3, 0.4) is 0 Å². The number of hydrogen-bond acceptors (Lipinski definition) is 4. The maximum atomic E-state index is 12.9. The van der Waals surface area contributed by atoms with E-state index in [1.54, 1.807) is 13.0 Å².